The van der Waals surface area contributed by atoms with Crippen LogP contribution in [0.25, 0.3) is 0 Å². The molecule has 0 aliphatic heterocycles. The Morgan fingerprint density at radius 1 is 1.06 bits per heavy atom. The van der Waals surface area contributed by atoms with E-state index in [1.807, 2.05) is 0 Å². The first-order valence-electron chi connectivity index (χ1n) is 5.06. The molecule has 0 aromatic heterocycles. The fraction of sp³-hybridized carbons (Fsp3) is 0.500. The number of alkyl halides is 1. The van der Waals surface area contributed by atoms with E-state index in [9.17, 15) is 13.2 Å². The van der Waals surface area contributed by atoms with E-state index in [2.05, 4.69) is 0 Å². The van der Waals surface area contributed by atoms with Crippen molar-refractivity contribution >= 4 is 0 Å². The van der Waals surface area contributed by atoms with Gasteiger partial charge >= 0.3 is 0 Å². The Balaban J connectivity index is 3.34. The molecule has 1 atom stereocenters. The van der Waals surface area contributed by atoms with Gasteiger partial charge in [-0.15, -0.1) is 0 Å². The smallest absolute Gasteiger partial charge is 0.153 e. The largest absolute Gasteiger partial charge is 0.327 e. The summed E-state index contributed by atoms with van der Waals surface area (Å²) in [5.41, 5.74) is 2.57. The maximum Gasteiger partial charge on any atom is 0.153 e. The van der Waals surface area contributed by atoms with Gasteiger partial charge in [0.2, 0.25) is 0 Å². The van der Waals surface area contributed by atoms with E-state index in [0.29, 0.717) is 6.07 Å². The summed E-state index contributed by atoms with van der Waals surface area (Å²) in [7, 11) is 0. The zero-order valence-electron chi connectivity index (χ0n) is 9.65. The van der Waals surface area contributed by atoms with Crippen LogP contribution in [0.4, 0.5) is 13.2 Å². The Kier molecular flexibility index (Phi) is 3.33. The van der Waals surface area contributed by atoms with Gasteiger partial charge in [0.15, 0.2) is 5.67 Å². The molecule has 1 rings (SSSR count). The normalized spacial score (nSPS) is 15.9. The number of halogens is 3. The third-order valence-electron chi connectivity index (χ3n) is 2.79. The van der Waals surface area contributed by atoms with Gasteiger partial charge in [0.25, 0.3) is 0 Å². The third-order valence-corrected chi connectivity index (χ3v) is 2.79. The molecular formula is C12H16F3N. The molecule has 0 saturated carbocycles. The van der Waals surface area contributed by atoms with Gasteiger partial charge < -0.3 is 5.73 Å². The molecule has 1 unspecified atom stereocenters. The standard InChI is InChI=1S/C12H16F3N/c1-11(2,3)12(15,7-16)8-4-9(13)6-10(14)5-8/h4-6H,7,16H2,1-3H3. The van der Waals surface area contributed by atoms with Crippen LogP contribution in [-0.2, 0) is 5.67 Å². The summed E-state index contributed by atoms with van der Waals surface area (Å²) in [6.45, 7) is 4.60. The average molecular weight is 231 g/mol. The van der Waals surface area contributed by atoms with E-state index in [1.165, 1.54) is 0 Å². The summed E-state index contributed by atoms with van der Waals surface area (Å²) in [6.07, 6.45) is 0. The van der Waals surface area contributed by atoms with Gasteiger partial charge in [-0.2, -0.15) is 0 Å². The molecule has 0 bridgehead atoms. The van der Waals surface area contributed by atoms with E-state index in [0.717, 1.165) is 12.1 Å². The van der Waals surface area contributed by atoms with Crippen molar-refractivity contribution in [2.45, 2.75) is 26.4 Å². The molecule has 2 N–H and O–H groups in total. The Bertz CT molecular complexity index is 364. The lowest BCUT2D eigenvalue weighted by Crippen LogP contribution is -2.42. The Morgan fingerprint density at radius 2 is 1.50 bits per heavy atom. The number of benzene rings is 1. The number of nitrogens with two attached hydrogens (primary N) is 1. The molecule has 4 heteroatoms. The average Bonchev–Trinajstić information content (AvgIpc) is 2.13. The molecule has 90 valence electrons. The van der Waals surface area contributed by atoms with E-state index < -0.39 is 22.7 Å². The monoisotopic (exact) mass is 231 g/mol. The van der Waals surface area contributed by atoms with Crippen molar-refractivity contribution in [3.05, 3.63) is 35.4 Å². The van der Waals surface area contributed by atoms with E-state index in [1.54, 1.807) is 20.8 Å². The zero-order valence-corrected chi connectivity index (χ0v) is 9.65. The molecule has 0 radical (unpaired) electrons. The predicted octanol–water partition coefficient (Wildman–Crippen LogP) is 3.13. The first-order valence-corrected chi connectivity index (χ1v) is 5.06. The van der Waals surface area contributed by atoms with Crippen molar-refractivity contribution in [1.82, 2.24) is 0 Å². The van der Waals surface area contributed by atoms with Crippen LogP contribution in [0.3, 0.4) is 0 Å². The Hall–Kier alpha value is -1.03. The van der Waals surface area contributed by atoms with Gasteiger partial charge in [0.1, 0.15) is 11.6 Å². The molecule has 0 amide bonds. The predicted molar refractivity (Wildman–Crippen MR) is 57.7 cm³/mol. The molecule has 16 heavy (non-hydrogen) atoms. The van der Waals surface area contributed by atoms with Gasteiger partial charge in [-0.05, 0) is 17.7 Å². The lowest BCUT2D eigenvalue weighted by Gasteiger charge is -2.37. The summed E-state index contributed by atoms with van der Waals surface area (Å²) in [6, 6.07) is 2.69. The van der Waals surface area contributed by atoms with E-state index >= 15 is 0 Å². The third kappa shape index (κ3) is 2.21. The molecule has 0 fully saturated rings. The summed E-state index contributed by atoms with van der Waals surface area (Å²) in [5, 5.41) is 0. The highest BCUT2D eigenvalue weighted by atomic mass is 19.1. The zero-order chi connectivity index (χ0) is 12.6. The van der Waals surface area contributed by atoms with Gasteiger partial charge in [-0.25, -0.2) is 13.2 Å². The highest BCUT2D eigenvalue weighted by molar-refractivity contribution is 5.27. The van der Waals surface area contributed by atoms with Crippen LogP contribution in [-0.4, -0.2) is 6.54 Å². The van der Waals surface area contributed by atoms with Crippen LogP contribution in [0.1, 0.15) is 26.3 Å². The van der Waals surface area contributed by atoms with Crippen molar-refractivity contribution < 1.29 is 13.2 Å². The molecule has 1 nitrogen and oxygen atoms in total. The molecular weight excluding hydrogens is 215 g/mol. The van der Waals surface area contributed by atoms with Gasteiger partial charge in [0.05, 0.1) is 0 Å². The number of rotatable bonds is 2. The number of hydrogen-bond donors (Lipinski definition) is 1. The molecule has 0 saturated heterocycles. The van der Waals surface area contributed by atoms with Crippen molar-refractivity contribution in [1.29, 1.82) is 0 Å². The molecule has 1 aromatic rings. The highest BCUT2D eigenvalue weighted by Crippen LogP contribution is 2.42. The first-order chi connectivity index (χ1) is 7.20. The second kappa shape index (κ2) is 4.09. The van der Waals surface area contributed by atoms with Crippen molar-refractivity contribution in [2.75, 3.05) is 6.54 Å². The Labute approximate surface area is 93.5 Å². The Morgan fingerprint density at radius 3 is 1.81 bits per heavy atom. The van der Waals surface area contributed by atoms with Crippen LogP contribution in [0.15, 0.2) is 18.2 Å². The maximum absolute atomic E-state index is 14.7. The molecule has 0 aliphatic carbocycles. The lowest BCUT2D eigenvalue weighted by atomic mass is 9.73. The highest BCUT2D eigenvalue weighted by Gasteiger charge is 2.43. The lowest BCUT2D eigenvalue weighted by molar-refractivity contribution is 0.0337. The quantitative estimate of drug-likeness (QED) is 0.831. The summed E-state index contributed by atoms with van der Waals surface area (Å²) < 4.78 is 40.7. The first kappa shape index (κ1) is 13.0. The van der Waals surface area contributed by atoms with E-state index in [-0.39, 0.29) is 12.1 Å². The van der Waals surface area contributed by atoms with Crippen molar-refractivity contribution in [2.24, 2.45) is 11.1 Å². The second-order valence-electron chi connectivity index (χ2n) is 4.91. The molecule has 0 aliphatic rings. The summed E-state index contributed by atoms with van der Waals surface area (Å²) in [5.74, 6) is -1.59. The minimum Gasteiger partial charge on any atom is -0.327 e. The summed E-state index contributed by atoms with van der Waals surface area (Å²) in [4.78, 5) is 0. The minimum atomic E-state index is -1.95. The topological polar surface area (TPSA) is 26.0 Å². The van der Waals surface area contributed by atoms with Crippen molar-refractivity contribution in [3.63, 3.8) is 0 Å². The van der Waals surface area contributed by atoms with Gasteiger partial charge in [-0.1, -0.05) is 20.8 Å². The fourth-order valence-electron chi connectivity index (χ4n) is 1.64. The van der Waals surface area contributed by atoms with Crippen LogP contribution >= 0.6 is 0 Å². The SMILES string of the molecule is CC(C)(C)C(F)(CN)c1cc(F)cc(F)c1. The number of hydrogen-bond acceptors (Lipinski definition) is 1. The molecule has 1 aromatic carbocycles. The molecule has 0 heterocycles. The van der Waals surface area contributed by atoms with Crippen LogP contribution in [0, 0.1) is 17.0 Å². The van der Waals surface area contributed by atoms with Crippen molar-refractivity contribution in [3.8, 4) is 0 Å². The fourth-order valence-corrected chi connectivity index (χ4v) is 1.64. The molecule has 0 spiro atoms. The van der Waals surface area contributed by atoms with Gasteiger partial charge in [-0.3, -0.25) is 0 Å². The summed E-state index contributed by atoms with van der Waals surface area (Å²) >= 11 is 0. The minimum absolute atomic E-state index is 0.0556. The maximum atomic E-state index is 14.7. The van der Waals surface area contributed by atoms with Crippen LogP contribution in [0.2, 0.25) is 0 Å². The van der Waals surface area contributed by atoms with Crippen LogP contribution < -0.4 is 5.73 Å². The van der Waals surface area contributed by atoms with E-state index in [4.69, 9.17) is 5.73 Å². The van der Waals surface area contributed by atoms with Crippen LogP contribution in [0.5, 0.6) is 0 Å². The second-order valence-corrected chi connectivity index (χ2v) is 4.91. The van der Waals surface area contributed by atoms with Gasteiger partial charge in [0, 0.05) is 18.0 Å².